The smallest absolute Gasteiger partial charge is 0.319 e. The van der Waals surface area contributed by atoms with Gasteiger partial charge in [-0.3, -0.25) is 4.72 Å². The molecule has 31 heavy (non-hydrogen) atoms. The van der Waals surface area contributed by atoms with Crippen LogP contribution in [0, 0.1) is 0 Å². The molecule has 0 bridgehead atoms. The zero-order valence-electron chi connectivity index (χ0n) is 18.4. The summed E-state index contributed by atoms with van der Waals surface area (Å²) in [6.07, 6.45) is 2.01. The van der Waals surface area contributed by atoms with Gasteiger partial charge in [0, 0.05) is 24.3 Å². The molecule has 2 aromatic rings. The molecule has 8 nitrogen and oxygen atoms in total. The second-order valence-electron chi connectivity index (χ2n) is 8.51. The van der Waals surface area contributed by atoms with Gasteiger partial charge in [0.05, 0.1) is 18.5 Å². The Balaban J connectivity index is 1.97. The predicted molar refractivity (Wildman–Crippen MR) is 124 cm³/mol. The molecule has 2 amide bonds. The van der Waals surface area contributed by atoms with Crippen molar-refractivity contribution >= 4 is 33.1 Å². The highest BCUT2D eigenvalue weighted by molar-refractivity contribution is 7.93. The minimum atomic E-state index is -3.95. The Labute approximate surface area is 184 Å². The molecule has 3 rings (SSSR count). The molecule has 0 aliphatic carbocycles. The van der Waals surface area contributed by atoms with Gasteiger partial charge in [-0.1, -0.05) is 12.1 Å². The van der Waals surface area contributed by atoms with Crippen molar-refractivity contribution in [3.63, 3.8) is 0 Å². The van der Waals surface area contributed by atoms with Crippen molar-refractivity contribution in [2.45, 2.75) is 44.0 Å². The van der Waals surface area contributed by atoms with Crippen LogP contribution in [0.15, 0.2) is 47.4 Å². The number of anilines is 3. The minimum Gasteiger partial charge on any atom is -0.495 e. The number of carbonyl (C=O) groups excluding carboxylic acids is 1. The van der Waals surface area contributed by atoms with E-state index in [4.69, 9.17) is 4.74 Å². The summed E-state index contributed by atoms with van der Waals surface area (Å²) in [7, 11) is -2.46. The summed E-state index contributed by atoms with van der Waals surface area (Å²) in [6, 6.07) is 11.4. The molecule has 1 heterocycles. The maximum atomic E-state index is 13.4. The van der Waals surface area contributed by atoms with Gasteiger partial charge in [-0.2, -0.15) is 0 Å². The van der Waals surface area contributed by atoms with Crippen molar-refractivity contribution in [1.82, 2.24) is 5.32 Å². The highest BCUT2D eigenvalue weighted by Crippen LogP contribution is 2.34. The maximum absolute atomic E-state index is 13.4. The molecule has 1 fully saturated rings. The van der Waals surface area contributed by atoms with Crippen molar-refractivity contribution in [2.24, 2.45) is 0 Å². The van der Waals surface area contributed by atoms with Crippen molar-refractivity contribution in [2.75, 3.05) is 35.1 Å². The molecule has 1 aliphatic rings. The van der Waals surface area contributed by atoms with Gasteiger partial charge >= 0.3 is 6.03 Å². The van der Waals surface area contributed by atoms with Crippen molar-refractivity contribution in [1.29, 1.82) is 0 Å². The van der Waals surface area contributed by atoms with Crippen LogP contribution in [0.3, 0.4) is 0 Å². The van der Waals surface area contributed by atoms with Crippen LogP contribution >= 0.6 is 0 Å². The molecule has 0 atom stereocenters. The quantitative estimate of drug-likeness (QED) is 0.622. The number of benzene rings is 2. The Morgan fingerprint density at radius 2 is 1.74 bits per heavy atom. The number of rotatable bonds is 6. The fourth-order valence-electron chi connectivity index (χ4n) is 3.46. The monoisotopic (exact) mass is 446 g/mol. The summed E-state index contributed by atoms with van der Waals surface area (Å²) in [4.78, 5) is 14.4. The van der Waals surface area contributed by atoms with E-state index in [9.17, 15) is 13.2 Å². The highest BCUT2D eigenvalue weighted by atomic mass is 32.2. The van der Waals surface area contributed by atoms with Gasteiger partial charge in [0.25, 0.3) is 10.0 Å². The second kappa shape index (κ2) is 9.05. The summed E-state index contributed by atoms with van der Waals surface area (Å²) in [5.41, 5.74) is 0.938. The molecule has 3 N–H and O–H groups in total. The number of nitrogens with one attached hydrogen (secondary N) is 3. The molecule has 1 aliphatic heterocycles. The van der Waals surface area contributed by atoms with Crippen molar-refractivity contribution in [3.8, 4) is 5.75 Å². The first-order valence-corrected chi connectivity index (χ1v) is 11.7. The van der Waals surface area contributed by atoms with Gasteiger partial charge in [0.1, 0.15) is 10.6 Å². The number of amides is 2. The second-order valence-corrected chi connectivity index (χ2v) is 10.2. The van der Waals surface area contributed by atoms with E-state index < -0.39 is 21.6 Å². The molecular formula is C22H30N4O4S. The van der Waals surface area contributed by atoms with Gasteiger partial charge in [0.2, 0.25) is 0 Å². The fraction of sp³-hybridized carbons (Fsp3) is 0.409. The lowest BCUT2D eigenvalue weighted by atomic mass is 10.1. The molecule has 1 saturated heterocycles. The van der Waals surface area contributed by atoms with Gasteiger partial charge in [-0.05, 0) is 63.9 Å². The molecule has 0 saturated carbocycles. The third kappa shape index (κ3) is 5.81. The summed E-state index contributed by atoms with van der Waals surface area (Å²) in [6.45, 7) is 7.19. The SMILES string of the molecule is COc1ccccc1NS(=O)(=O)c1cc(NC(=O)NC(C)(C)C)ccc1N1CCCC1. The van der Waals surface area contributed by atoms with Gasteiger partial charge in [0.15, 0.2) is 0 Å². The van der Waals surface area contributed by atoms with Crippen LogP contribution in [-0.2, 0) is 10.0 Å². The van der Waals surface area contributed by atoms with Crippen LogP contribution in [-0.4, -0.2) is 40.2 Å². The summed E-state index contributed by atoms with van der Waals surface area (Å²) in [5.74, 6) is 0.424. The molecule has 0 radical (unpaired) electrons. The number of hydrogen-bond donors (Lipinski definition) is 3. The van der Waals surface area contributed by atoms with Crippen LogP contribution in [0.5, 0.6) is 5.75 Å². The molecular weight excluding hydrogens is 416 g/mol. The number of para-hydroxylation sites is 2. The van der Waals surface area contributed by atoms with Crippen LogP contribution in [0.2, 0.25) is 0 Å². The summed E-state index contributed by atoms with van der Waals surface area (Å²) in [5, 5.41) is 5.54. The summed E-state index contributed by atoms with van der Waals surface area (Å²) < 4.78 is 34.7. The van der Waals surface area contributed by atoms with E-state index in [0.717, 1.165) is 25.9 Å². The maximum Gasteiger partial charge on any atom is 0.319 e. The van der Waals surface area contributed by atoms with Crippen molar-refractivity contribution in [3.05, 3.63) is 42.5 Å². The van der Waals surface area contributed by atoms with Crippen LogP contribution in [0.1, 0.15) is 33.6 Å². The Bertz CT molecular complexity index is 1040. The van der Waals surface area contributed by atoms with E-state index in [0.29, 0.717) is 22.8 Å². The fourth-order valence-corrected chi connectivity index (χ4v) is 4.78. The number of hydrogen-bond acceptors (Lipinski definition) is 5. The largest absolute Gasteiger partial charge is 0.495 e. The Hall–Kier alpha value is -2.94. The number of ether oxygens (including phenoxy) is 1. The zero-order chi connectivity index (χ0) is 22.6. The lowest BCUT2D eigenvalue weighted by Crippen LogP contribution is -2.43. The van der Waals surface area contributed by atoms with E-state index in [1.807, 2.05) is 20.8 Å². The minimum absolute atomic E-state index is 0.105. The van der Waals surface area contributed by atoms with E-state index in [-0.39, 0.29) is 4.90 Å². The van der Waals surface area contributed by atoms with Crippen LogP contribution in [0.25, 0.3) is 0 Å². The number of nitrogens with zero attached hydrogens (tertiary/aromatic N) is 1. The molecule has 168 valence electrons. The molecule has 0 spiro atoms. The zero-order valence-corrected chi connectivity index (χ0v) is 19.2. The number of methoxy groups -OCH3 is 1. The Kier molecular flexibility index (Phi) is 6.64. The Morgan fingerprint density at radius 3 is 2.39 bits per heavy atom. The van der Waals surface area contributed by atoms with Crippen LogP contribution in [0.4, 0.5) is 21.9 Å². The normalized spacial score (nSPS) is 14.3. The Morgan fingerprint density at radius 1 is 1.06 bits per heavy atom. The summed E-state index contributed by atoms with van der Waals surface area (Å²) >= 11 is 0. The first-order chi connectivity index (χ1) is 14.6. The average molecular weight is 447 g/mol. The third-order valence-electron chi connectivity index (χ3n) is 4.79. The lowest BCUT2D eigenvalue weighted by molar-refractivity contribution is 0.244. The van der Waals surface area contributed by atoms with Crippen molar-refractivity contribution < 1.29 is 17.9 Å². The molecule has 0 aromatic heterocycles. The molecule has 2 aromatic carbocycles. The predicted octanol–water partition coefficient (Wildman–Crippen LogP) is 4.02. The standard InChI is InChI=1S/C22H30N4O4S/c1-22(2,3)24-21(27)23-16-11-12-18(26-13-7-8-14-26)20(15-16)31(28,29)25-17-9-5-6-10-19(17)30-4/h5-6,9-12,15,25H,7-8,13-14H2,1-4H3,(H2,23,24,27). The van der Waals surface area contributed by atoms with Gasteiger partial charge < -0.3 is 20.3 Å². The number of urea groups is 1. The van der Waals surface area contributed by atoms with Gasteiger partial charge in [-0.25, -0.2) is 13.2 Å². The lowest BCUT2D eigenvalue weighted by Gasteiger charge is -2.24. The molecule has 9 heteroatoms. The van der Waals surface area contributed by atoms with E-state index in [2.05, 4.69) is 20.3 Å². The highest BCUT2D eigenvalue weighted by Gasteiger charge is 2.26. The van der Waals surface area contributed by atoms with E-state index in [1.165, 1.54) is 13.2 Å². The number of sulfonamides is 1. The molecule has 0 unspecified atom stereocenters. The van der Waals surface area contributed by atoms with E-state index >= 15 is 0 Å². The third-order valence-corrected chi connectivity index (χ3v) is 6.19. The first kappa shape index (κ1) is 22.7. The first-order valence-electron chi connectivity index (χ1n) is 10.2. The average Bonchev–Trinajstić information content (AvgIpc) is 3.21. The topological polar surface area (TPSA) is 99.8 Å². The van der Waals surface area contributed by atoms with E-state index in [1.54, 1.807) is 36.4 Å². The van der Waals surface area contributed by atoms with Gasteiger partial charge in [-0.15, -0.1) is 0 Å². The van der Waals surface area contributed by atoms with Crippen LogP contribution < -0.4 is 25.0 Å². The number of carbonyl (C=O) groups is 1.